The Labute approximate surface area is 124 Å². The summed E-state index contributed by atoms with van der Waals surface area (Å²) >= 11 is 0. The molecule has 0 amide bonds. The van der Waals surface area contributed by atoms with E-state index in [9.17, 15) is 10.2 Å². The van der Waals surface area contributed by atoms with Crippen LogP contribution in [0.25, 0.3) is 0 Å². The molecule has 0 aromatic heterocycles. The van der Waals surface area contributed by atoms with Gasteiger partial charge in [-0.3, -0.25) is 0 Å². The molecule has 0 aromatic carbocycles. The third-order valence-corrected chi connectivity index (χ3v) is 3.70. The molecule has 0 radical (unpaired) electrons. The fourth-order valence-electron chi connectivity index (χ4n) is 2.41. The van der Waals surface area contributed by atoms with Crippen LogP contribution in [0.5, 0.6) is 0 Å². The highest BCUT2D eigenvalue weighted by Gasteiger charge is 2.10. The van der Waals surface area contributed by atoms with Crippen molar-refractivity contribution in [2.45, 2.75) is 89.3 Å². The Kier molecular flexibility index (Phi) is 14.7. The molecule has 0 spiro atoms. The van der Waals surface area contributed by atoms with Crippen molar-refractivity contribution in [1.82, 2.24) is 0 Å². The maximum Gasteiger partial charge on any atom is 0.0795 e. The van der Waals surface area contributed by atoms with Gasteiger partial charge in [-0.15, -0.1) is 6.58 Å². The molecule has 0 saturated heterocycles. The van der Waals surface area contributed by atoms with Gasteiger partial charge in [0.25, 0.3) is 0 Å². The standard InChI is InChI=1S/C17H34O3/c1-2-3-4-5-6-7-8-9-10-11-12-13-16(19)14-17(20)15-18/h2,16-20H,1,3-15H2/t16-,17+/m1/s1. The predicted molar refractivity (Wildman–Crippen MR) is 84.7 cm³/mol. The van der Waals surface area contributed by atoms with E-state index in [4.69, 9.17) is 5.11 Å². The number of hydrogen-bond acceptors (Lipinski definition) is 3. The van der Waals surface area contributed by atoms with Gasteiger partial charge < -0.3 is 15.3 Å². The van der Waals surface area contributed by atoms with Gasteiger partial charge in [0.15, 0.2) is 0 Å². The van der Waals surface area contributed by atoms with E-state index < -0.39 is 12.2 Å². The topological polar surface area (TPSA) is 60.7 Å². The lowest BCUT2D eigenvalue weighted by molar-refractivity contribution is 0.0380. The normalized spacial score (nSPS) is 14.2. The summed E-state index contributed by atoms with van der Waals surface area (Å²) in [7, 11) is 0. The first-order valence-electron chi connectivity index (χ1n) is 8.28. The zero-order valence-electron chi connectivity index (χ0n) is 13.0. The van der Waals surface area contributed by atoms with E-state index in [2.05, 4.69) is 6.58 Å². The third kappa shape index (κ3) is 14.0. The molecule has 0 aliphatic heterocycles. The minimum Gasteiger partial charge on any atom is -0.394 e. The fourth-order valence-corrected chi connectivity index (χ4v) is 2.41. The number of hydrogen-bond donors (Lipinski definition) is 3. The molecule has 0 rings (SSSR count). The SMILES string of the molecule is C=CCCCCCCCCCCC[C@@H](O)C[C@H](O)CO. The first-order valence-corrected chi connectivity index (χ1v) is 8.28. The summed E-state index contributed by atoms with van der Waals surface area (Å²) in [5, 5.41) is 27.5. The van der Waals surface area contributed by atoms with Crippen LogP contribution < -0.4 is 0 Å². The van der Waals surface area contributed by atoms with E-state index >= 15 is 0 Å². The molecule has 0 saturated carbocycles. The van der Waals surface area contributed by atoms with Gasteiger partial charge in [0.05, 0.1) is 18.8 Å². The Morgan fingerprint density at radius 2 is 1.25 bits per heavy atom. The number of aliphatic hydroxyl groups excluding tert-OH is 3. The van der Waals surface area contributed by atoms with E-state index in [-0.39, 0.29) is 6.61 Å². The summed E-state index contributed by atoms with van der Waals surface area (Å²) in [6, 6.07) is 0. The number of unbranched alkanes of at least 4 members (excludes halogenated alkanes) is 9. The third-order valence-electron chi connectivity index (χ3n) is 3.70. The Morgan fingerprint density at radius 3 is 1.75 bits per heavy atom. The van der Waals surface area contributed by atoms with E-state index in [1.54, 1.807) is 0 Å². The predicted octanol–water partition coefficient (Wildman–Crippen LogP) is 3.57. The van der Waals surface area contributed by atoms with Crippen molar-refractivity contribution in [3.63, 3.8) is 0 Å². The summed E-state index contributed by atoms with van der Waals surface area (Å²) in [6.45, 7) is 3.47. The molecule has 0 aliphatic carbocycles. The first-order chi connectivity index (χ1) is 9.70. The van der Waals surface area contributed by atoms with Crippen LogP contribution in [-0.4, -0.2) is 34.1 Å². The summed E-state index contributed by atoms with van der Waals surface area (Å²) < 4.78 is 0. The molecule has 20 heavy (non-hydrogen) atoms. The quantitative estimate of drug-likeness (QED) is 0.318. The molecule has 0 aromatic rings. The second-order valence-electron chi connectivity index (χ2n) is 5.77. The lowest BCUT2D eigenvalue weighted by Gasteiger charge is -2.13. The second-order valence-corrected chi connectivity index (χ2v) is 5.77. The van der Waals surface area contributed by atoms with Crippen molar-refractivity contribution in [2.24, 2.45) is 0 Å². The average Bonchev–Trinajstić information content (AvgIpc) is 2.44. The molecule has 3 N–H and O–H groups in total. The van der Waals surface area contributed by atoms with Crippen molar-refractivity contribution >= 4 is 0 Å². The van der Waals surface area contributed by atoms with Gasteiger partial charge >= 0.3 is 0 Å². The highest BCUT2D eigenvalue weighted by molar-refractivity contribution is 4.65. The minimum absolute atomic E-state index is 0.260. The van der Waals surface area contributed by atoms with E-state index in [0.29, 0.717) is 6.42 Å². The highest BCUT2D eigenvalue weighted by atomic mass is 16.3. The van der Waals surface area contributed by atoms with Gasteiger partial charge in [-0.2, -0.15) is 0 Å². The first kappa shape index (κ1) is 19.6. The van der Waals surface area contributed by atoms with Gasteiger partial charge in [0, 0.05) is 6.42 Å². The maximum atomic E-state index is 9.62. The van der Waals surface area contributed by atoms with Crippen molar-refractivity contribution < 1.29 is 15.3 Å². The zero-order chi connectivity index (χ0) is 15.1. The van der Waals surface area contributed by atoms with E-state index in [0.717, 1.165) is 25.7 Å². The molecule has 0 aliphatic rings. The van der Waals surface area contributed by atoms with Gasteiger partial charge in [0.2, 0.25) is 0 Å². The monoisotopic (exact) mass is 286 g/mol. The van der Waals surface area contributed by atoms with Crippen LogP contribution in [0.2, 0.25) is 0 Å². The molecule has 0 heterocycles. The van der Waals surface area contributed by atoms with Crippen LogP contribution in [-0.2, 0) is 0 Å². The molecule has 3 nitrogen and oxygen atoms in total. The molecule has 0 bridgehead atoms. The second kappa shape index (κ2) is 15.0. The van der Waals surface area contributed by atoms with E-state index in [1.165, 1.54) is 44.9 Å². The van der Waals surface area contributed by atoms with Crippen LogP contribution in [0.3, 0.4) is 0 Å². The Balaban J connectivity index is 3.14. The number of allylic oxidation sites excluding steroid dienone is 1. The average molecular weight is 286 g/mol. The molecule has 3 heteroatoms. The summed E-state index contributed by atoms with van der Waals surface area (Å²) in [4.78, 5) is 0. The van der Waals surface area contributed by atoms with Crippen molar-refractivity contribution in [3.05, 3.63) is 12.7 Å². The van der Waals surface area contributed by atoms with Crippen molar-refractivity contribution in [3.8, 4) is 0 Å². The molecule has 0 fully saturated rings. The van der Waals surface area contributed by atoms with Gasteiger partial charge in [-0.25, -0.2) is 0 Å². The van der Waals surface area contributed by atoms with Crippen LogP contribution in [0, 0.1) is 0 Å². The largest absolute Gasteiger partial charge is 0.394 e. The molecule has 0 unspecified atom stereocenters. The lowest BCUT2D eigenvalue weighted by Crippen LogP contribution is -2.20. The molecule has 2 atom stereocenters. The summed E-state index contributed by atoms with van der Waals surface area (Å²) in [5.41, 5.74) is 0. The smallest absolute Gasteiger partial charge is 0.0795 e. The Hall–Kier alpha value is -0.380. The maximum absolute atomic E-state index is 9.62. The highest BCUT2D eigenvalue weighted by Crippen LogP contribution is 2.13. The van der Waals surface area contributed by atoms with Crippen LogP contribution in [0.4, 0.5) is 0 Å². The minimum atomic E-state index is -0.772. The van der Waals surface area contributed by atoms with E-state index in [1.807, 2.05) is 6.08 Å². The van der Waals surface area contributed by atoms with Crippen molar-refractivity contribution in [2.75, 3.05) is 6.61 Å². The number of rotatable bonds is 15. The Morgan fingerprint density at radius 1 is 0.750 bits per heavy atom. The number of aliphatic hydroxyl groups is 3. The van der Waals surface area contributed by atoms with Crippen LogP contribution in [0.15, 0.2) is 12.7 Å². The van der Waals surface area contributed by atoms with Gasteiger partial charge in [-0.05, 0) is 19.3 Å². The van der Waals surface area contributed by atoms with Crippen LogP contribution >= 0.6 is 0 Å². The zero-order valence-corrected chi connectivity index (χ0v) is 13.0. The van der Waals surface area contributed by atoms with Gasteiger partial charge in [-0.1, -0.05) is 57.4 Å². The fraction of sp³-hybridized carbons (Fsp3) is 0.882. The molecule has 120 valence electrons. The summed E-state index contributed by atoms with van der Waals surface area (Å²) in [6.07, 6.45) is 14.2. The lowest BCUT2D eigenvalue weighted by atomic mass is 10.0. The molecular weight excluding hydrogens is 252 g/mol. The van der Waals surface area contributed by atoms with Crippen molar-refractivity contribution in [1.29, 1.82) is 0 Å². The molecular formula is C17H34O3. The summed E-state index contributed by atoms with van der Waals surface area (Å²) in [5.74, 6) is 0. The van der Waals surface area contributed by atoms with Gasteiger partial charge in [0.1, 0.15) is 0 Å². The Bertz CT molecular complexity index is 206. The van der Waals surface area contributed by atoms with Crippen LogP contribution in [0.1, 0.15) is 77.0 Å².